The number of hydrogen-bond acceptors (Lipinski definition) is 3. The molecule has 4 nitrogen and oxygen atoms in total. The number of amides is 1. The van der Waals surface area contributed by atoms with Gasteiger partial charge in [-0.15, -0.1) is 0 Å². The fraction of sp³-hybridized carbons (Fsp3) is 0.526. The monoisotopic (exact) mass is 316 g/mol. The number of rotatable bonds is 6. The van der Waals surface area contributed by atoms with E-state index in [0.717, 1.165) is 28.6 Å². The van der Waals surface area contributed by atoms with Crippen LogP contribution in [-0.4, -0.2) is 38.0 Å². The summed E-state index contributed by atoms with van der Waals surface area (Å²) in [5.41, 5.74) is 4.23. The van der Waals surface area contributed by atoms with E-state index in [-0.39, 0.29) is 11.3 Å². The van der Waals surface area contributed by atoms with Crippen LogP contribution >= 0.6 is 0 Å². The number of carbonyl (C=O) groups is 1. The Balaban J connectivity index is 2.03. The summed E-state index contributed by atoms with van der Waals surface area (Å²) >= 11 is 0. The van der Waals surface area contributed by atoms with Crippen LogP contribution in [0.1, 0.15) is 30.5 Å². The number of nitrogens with one attached hydrogen (secondary N) is 1. The minimum Gasteiger partial charge on any atom is -0.464 e. The fourth-order valence-electron chi connectivity index (χ4n) is 3.01. The first-order chi connectivity index (χ1) is 10.7. The van der Waals surface area contributed by atoms with Gasteiger partial charge in [-0.25, -0.2) is 0 Å². The number of furan rings is 1. The molecule has 0 saturated carbocycles. The highest BCUT2D eigenvalue weighted by molar-refractivity contribution is 5.89. The fourth-order valence-corrected chi connectivity index (χ4v) is 3.01. The number of carbonyl (C=O) groups excluding carboxylic acids is 1. The van der Waals surface area contributed by atoms with Crippen molar-refractivity contribution in [3.8, 4) is 0 Å². The summed E-state index contributed by atoms with van der Waals surface area (Å²) in [6.07, 6.45) is 2.06. The highest BCUT2D eigenvalue weighted by Crippen LogP contribution is 2.26. The molecule has 0 bridgehead atoms. The van der Waals surface area contributed by atoms with Crippen LogP contribution < -0.4 is 5.32 Å². The Morgan fingerprint density at radius 3 is 2.61 bits per heavy atom. The minimum absolute atomic E-state index is 0.0396. The lowest BCUT2D eigenvalue weighted by atomic mass is 9.93. The maximum absolute atomic E-state index is 12.3. The number of hydrogen-bond donors (Lipinski definition) is 1. The van der Waals surface area contributed by atoms with Crippen molar-refractivity contribution in [3.05, 3.63) is 35.1 Å². The molecule has 1 aromatic heterocycles. The van der Waals surface area contributed by atoms with Gasteiger partial charge in [-0.1, -0.05) is 26.0 Å². The van der Waals surface area contributed by atoms with Crippen molar-refractivity contribution in [2.75, 3.05) is 27.2 Å². The van der Waals surface area contributed by atoms with Crippen LogP contribution in [0.3, 0.4) is 0 Å². The van der Waals surface area contributed by atoms with Crippen LogP contribution in [-0.2, 0) is 11.2 Å². The lowest BCUT2D eigenvalue weighted by molar-refractivity contribution is -0.120. The summed E-state index contributed by atoms with van der Waals surface area (Å²) in [4.78, 5) is 14.4. The number of nitrogens with zero attached hydrogens (tertiary/aromatic N) is 1. The molecule has 1 amide bonds. The molecule has 0 unspecified atom stereocenters. The molecule has 1 N–H and O–H groups in total. The molecular weight excluding hydrogens is 288 g/mol. The lowest BCUT2D eigenvalue weighted by Crippen LogP contribution is -2.40. The van der Waals surface area contributed by atoms with Gasteiger partial charge in [0.2, 0.25) is 5.91 Å². The van der Waals surface area contributed by atoms with E-state index in [1.807, 2.05) is 20.2 Å². The molecule has 23 heavy (non-hydrogen) atoms. The van der Waals surface area contributed by atoms with E-state index < -0.39 is 0 Å². The standard InChI is InChI=1S/C19H28N2O2/c1-13-7-8-16-15(10-23-18(16)14(13)2)9-17(22)20-11-19(3,4)12-21(5)6/h7-8,10H,9,11-12H2,1-6H3,(H,20,22). The van der Waals surface area contributed by atoms with Gasteiger partial charge in [0.15, 0.2) is 0 Å². The second-order valence-corrected chi connectivity index (χ2v) is 7.50. The zero-order valence-electron chi connectivity index (χ0n) is 15.1. The molecule has 1 aromatic carbocycles. The quantitative estimate of drug-likeness (QED) is 0.889. The Morgan fingerprint density at radius 2 is 1.96 bits per heavy atom. The predicted octanol–water partition coefficient (Wildman–Crippen LogP) is 3.30. The predicted molar refractivity (Wildman–Crippen MR) is 94.7 cm³/mol. The van der Waals surface area contributed by atoms with Crippen LogP contribution in [0.4, 0.5) is 0 Å². The smallest absolute Gasteiger partial charge is 0.224 e. The maximum Gasteiger partial charge on any atom is 0.224 e. The van der Waals surface area contributed by atoms with Crippen molar-refractivity contribution >= 4 is 16.9 Å². The van der Waals surface area contributed by atoms with Crippen LogP contribution in [0, 0.1) is 19.3 Å². The zero-order valence-corrected chi connectivity index (χ0v) is 15.1. The maximum atomic E-state index is 12.3. The van der Waals surface area contributed by atoms with E-state index >= 15 is 0 Å². The van der Waals surface area contributed by atoms with Crippen molar-refractivity contribution in [1.82, 2.24) is 10.2 Å². The first-order valence-corrected chi connectivity index (χ1v) is 8.07. The Morgan fingerprint density at radius 1 is 1.26 bits per heavy atom. The normalized spacial score (nSPS) is 12.1. The number of fused-ring (bicyclic) bond motifs is 1. The van der Waals surface area contributed by atoms with Gasteiger partial charge in [0.25, 0.3) is 0 Å². The molecule has 2 rings (SSSR count). The van der Waals surface area contributed by atoms with Gasteiger partial charge in [-0.05, 0) is 44.5 Å². The molecule has 4 heteroatoms. The van der Waals surface area contributed by atoms with Gasteiger partial charge in [0.05, 0.1) is 12.7 Å². The Kier molecular flexibility index (Phi) is 5.15. The highest BCUT2D eigenvalue weighted by atomic mass is 16.3. The summed E-state index contributed by atoms with van der Waals surface area (Å²) < 4.78 is 5.67. The average Bonchev–Trinajstić information content (AvgIpc) is 2.83. The third kappa shape index (κ3) is 4.35. The third-order valence-corrected chi connectivity index (χ3v) is 4.20. The van der Waals surface area contributed by atoms with Gasteiger partial charge in [-0.2, -0.15) is 0 Å². The SMILES string of the molecule is Cc1ccc2c(CC(=O)NCC(C)(C)CN(C)C)coc2c1C. The van der Waals surface area contributed by atoms with Crippen molar-refractivity contribution in [1.29, 1.82) is 0 Å². The Bertz CT molecular complexity index is 699. The average molecular weight is 316 g/mol. The van der Waals surface area contributed by atoms with Crippen molar-refractivity contribution in [2.45, 2.75) is 34.1 Å². The summed E-state index contributed by atoms with van der Waals surface area (Å²) in [7, 11) is 4.09. The topological polar surface area (TPSA) is 45.5 Å². The highest BCUT2D eigenvalue weighted by Gasteiger charge is 2.20. The second kappa shape index (κ2) is 6.75. The Labute approximate surface area is 138 Å². The van der Waals surface area contributed by atoms with Gasteiger partial charge < -0.3 is 14.6 Å². The van der Waals surface area contributed by atoms with Crippen LogP contribution in [0.25, 0.3) is 11.0 Å². The summed E-state index contributed by atoms with van der Waals surface area (Å²) in [6.45, 7) is 10.0. The zero-order chi connectivity index (χ0) is 17.2. The third-order valence-electron chi connectivity index (χ3n) is 4.20. The molecule has 0 aliphatic carbocycles. The summed E-state index contributed by atoms with van der Waals surface area (Å²) in [5.74, 6) is 0.0396. The van der Waals surface area contributed by atoms with E-state index in [0.29, 0.717) is 13.0 Å². The molecule has 0 fully saturated rings. The van der Waals surface area contributed by atoms with E-state index in [9.17, 15) is 4.79 Å². The summed E-state index contributed by atoms with van der Waals surface area (Å²) in [6, 6.07) is 4.12. The largest absolute Gasteiger partial charge is 0.464 e. The molecule has 0 saturated heterocycles. The van der Waals surface area contributed by atoms with Crippen molar-refractivity contribution in [2.24, 2.45) is 5.41 Å². The molecule has 1 heterocycles. The van der Waals surface area contributed by atoms with E-state index in [4.69, 9.17) is 4.42 Å². The molecule has 126 valence electrons. The summed E-state index contributed by atoms with van der Waals surface area (Å²) in [5, 5.41) is 4.09. The lowest BCUT2D eigenvalue weighted by Gasteiger charge is -2.28. The van der Waals surface area contributed by atoms with E-state index in [1.165, 1.54) is 5.56 Å². The molecule has 0 aliphatic rings. The molecule has 2 aromatic rings. The van der Waals surface area contributed by atoms with Gasteiger partial charge >= 0.3 is 0 Å². The molecule has 0 aliphatic heterocycles. The first kappa shape index (κ1) is 17.5. The molecule has 0 spiro atoms. The van der Waals surface area contributed by atoms with Gasteiger partial charge in [-0.3, -0.25) is 4.79 Å². The minimum atomic E-state index is 0.0396. The van der Waals surface area contributed by atoms with Crippen molar-refractivity contribution < 1.29 is 9.21 Å². The molecular formula is C19H28N2O2. The number of benzene rings is 1. The van der Waals surface area contributed by atoms with Crippen LogP contribution in [0.2, 0.25) is 0 Å². The van der Waals surface area contributed by atoms with Crippen LogP contribution in [0.5, 0.6) is 0 Å². The van der Waals surface area contributed by atoms with Crippen molar-refractivity contribution in [3.63, 3.8) is 0 Å². The Hall–Kier alpha value is -1.81. The molecule has 0 radical (unpaired) electrons. The number of aryl methyl sites for hydroxylation is 2. The van der Waals surface area contributed by atoms with E-state index in [1.54, 1.807) is 6.26 Å². The molecule has 0 atom stereocenters. The van der Waals surface area contributed by atoms with Gasteiger partial charge in [0.1, 0.15) is 5.58 Å². The van der Waals surface area contributed by atoms with Gasteiger partial charge in [0, 0.05) is 24.0 Å². The van der Waals surface area contributed by atoms with E-state index in [2.05, 4.69) is 44.0 Å². The van der Waals surface area contributed by atoms with Crippen LogP contribution in [0.15, 0.2) is 22.8 Å². The first-order valence-electron chi connectivity index (χ1n) is 8.07. The second-order valence-electron chi connectivity index (χ2n) is 7.50.